The summed E-state index contributed by atoms with van der Waals surface area (Å²) >= 11 is 0. The molecule has 0 saturated carbocycles. The first-order chi connectivity index (χ1) is 36.5. The van der Waals surface area contributed by atoms with Crippen molar-refractivity contribution in [3.63, 3.8) is 0 Å². The molecule has 406 valence electrons. The monoisotopic (exact) mass is 1050 g/mol. The molecule has 3 aliphatic heterocycles. The number of fused-ring (bicyclic) bond motifs is 2. The van der Waals surface area contributed by atoms with Gasteiger partial charge in [-0.2, -0.15) is 0 Å². The summed E-state index contributed by atoms with van der Waals surface area (Å²) in [4.78, 5) is 101. The summed E-state index contributed by atoms with van der Waals surface area (Å²) in [6.45, 7) is 2.72. The minimum atomic E-state index is -1.68. The molecule has 3 aliphatic rings. The van der Waals surface area contributed by atoms with Crippen molar-refractivity contribution in [3.05, 3.63) is 108 Å². The number of nitrogens with two attached hydrogens (primary N) is 1. The van der Waals surface area contributed by atoms with Crippen LogP contribution in [0.3, 0.4) is 0 Å². The lowest BCUT2D eigenvalue weighted by atomic mass is 9.99. The largest absolute Gasteiger partial charge is 0.508 e. The third kappa shape index (κ3) is 14.5. The Morgan fingerprint density at radius 2 is 1.33 bits per heavy atom. The van der Waals surface area contributed by atoms with Gasteiger partial charge in [-0.1, -0.05) is 80.4 Å². The van der Waals surface area contributed by atoms with Crippen LogP contribution in [-0.4, -0.2) is 159 Å². The number of ether oxygens (including phenoxy) is 1. The van der Waals surface area contributed by atoms with E-state index in [1.54, 1.807) is 36.4 Å². The number of nitrogens with one attached hydrogen (secondary N) is 5. The second-order valence-corrected chi connectivity index (χ2v) is 19.8. The number of hydrogen-bond acceptors (Lipinski definition) is 13. The van der Waals surface area contributed by atoms with Crippen LogP contribution in [0.5, 0.6) is 11.5 Å². The van der Waals surface area contributed by atoms with Gasteiger partial charge in [0, 0.05) is 37.7 Å². The number of benzene rings is 4. The number of rotatable bonds is 14. The van der Waals surface area contributed by atoms with Crippen LogP contribution >= 0.6 is 0 Å². The van der Waals surface area contributed by atoms with Gasteiger partial charge in [-0.15, -0.1) is 0 Å². The fourth-order valence-corrected chi connectivity index (χ4v) is 9.76. The number of aryl methyl sites for hydroxylation is 1. The molecule has 76 heavy (non-hydrogen) atoms. The molecule has 0 spiro atoms. The Balaban J connectivity index is 1.10. The Hall–Kier alpha value is -7.39. The molecule has 9 atom stereocenters. The van der Waals surface area contributed by atoms with Gasteiger partial charge in [0.25, 0.3) is 5.91 Å². The minimum Gasteiger partial charge on any atom is -0.508 e. The highest BCUT2D eigenvalue weighted by molar-refractivity contribution is 6.00. The van der Waals surface area contributed by atoms with Crippen molar-refractivity contribution in [1.82, 2.24) is 36.4 Å². The van der Waals surface area contributed by atoms with Gasteiger partial charge in [0.15, 0.2) is 0 Å². The van der Waals surface area contributed by atoms with E-state index in [-0.39, 0.29) is 69.5 Å². The summed E-state index contributed by atoms with van der Waals surface area (Å²) in [5, 5.41) is 55.4. The third-order valence-corrected chi connectivity index (χ3v) is 14.1. The smallest absolute Gasteiger partial charge is 0.251 e. The molecule has 4 aromatic carbocycles. The fourth-order valence-electron chi connectivity index (χ4n) is 9.76. The first kappa shape index (κ1) is 56.3. The Morgan fingerprint density at radius 1 is 0.737 bits per heavy atom. The summed E-state index contributed by atoms with van der Waals surface area (Å²) in [5.74, 6) is -4.74. The Kier molecular flexibility index (Phi) is 19.6. The van der Waals surface area contributed by atoms with Gasteiger partial charge in [-0.05, 0) is 110 Å². The van der Waals surface area contributed by atoms with E-state index in [0.29, 0.717) is 12.2 Å². The number of aromatic hydroxyl groups is 1. The summed E-state index contributed by atoms with van der Waals surface area (Å²) in [5.41, 5.74) is 10.9. The van der Waals surface area contributed by atoms with Gasteiger partial charge in [-0.25, -0.2) is 0 Å². The molecule has 11 N–H and O–H groups in total. The maximum absolute atomic E-state index is 14.4. The van der Waals surface area contributed by atoms with Crippen molar-refractivity contribution in [2.45, 2.75) is 126 Å². The van der Waals surface area contributed by atoms with Crippen LogP contribution in [0.2, 0.25) is 0 Å². The average Bonchev–Trinajstić information content (AvgIpc) is 4.02. The van der Waals surface area contributed by atoms with E-state index in [1.165, 1.54) is 24.0 Å². The standard InChI is InChI=1S/C56H70N8O12/c1-3-4-5-27-76-43-23-19-38(20-24-43)36-13-11-35(12-14-36)37-15-17-39(18-16-37)50(69)59-44-7-6-26-58-53(72)47-28-40(57)30-63(47)55(74)46(32-65)61-51(70)45(25-10-34-8-21-41(67)22-9-34)60-54(73)48-29-42(68)31-64(48)56(75)49(33(2)66)62-52(44)71/h8-9,11-24,33,40,42,44-49,65-68H,3-7,10,25-32,57H2,1-2H3,(H,58,72)(H,59,69)(H,60,73)(H,61,70)(H,62,71)/t33-,40?,42-,44?,45?,46+,47?,48?,49?/m1/s1. The molecule has 3 saturated heterocycles. The number of phenols is 1. The lowest BCUT2D eigenvalue weighted by Crippen LogP contribution is -2.61. The zero-order valence-electron chi connectivity index (χ0n) is 42.9. The van der Waals surface area contributed by atoms with Crippen LogP contribution in [0.1, 0.15) is 81.1 Å². The van der Waals surface area contributed by atoms with Crippen LogP contribution in [-0.2, 0) is 35.2 Å². The first-order valence-corrected chi connectivity index (χ1v) is 26.1. The maximum atomic E-state index is 14.4. The summed E-state index contributed by atoms with van der Waals surface area (Å²) < 4.78 is 5.86. The Bertz CT molecular complexity index is 2650. The SMILES string of the molecule is CCCCCOc1ccc(-c2ccc(-c3ccc(C(=O)NC4CCCNC(=O)C5CC(N)CN5C(=O)[C@H](CO)NC(=O)C(CCc5ccc(O)cc5)NC(=O)C5C[C@@H](O)CN5C(=O)C([C@@H](C)O)NC4=O)cc3)cc2)cc1. The number of aliphatic hydroxyl groups is 3. The van der Waals surface area contributed by atoms with Crippen molar-refractivity contribution in [2.75, 3.05) is 32.8 Å². The number of hydrogen-bond donors (Lipinski definition) is 10. The van der Waals surface area contributed by atoms with E-state index < -0.39 is 102 Å². The lowest BCUT2D eigenvalue weighted by molar-refractivity contribution is -0.145. The highest BCUT2D eigenvalue weighted by Crippen LogP contribution is 2.28. The summed E-state index contributed by atoms with van der Waals surface area (Å²) in [7, 11) is 0. The van der Waals surface area contributed by atoms with Crippen LogP contribution in [0.4, 0.5) is 0 Å². The van der Waals surface area contributed by atoms with Crippen LogP contribution in [0.25, 0.3) is 22.3 Å². The maximum Gasteiger partial charge on any atom is 0.251 e. The highest BCUT2D eigenvalue weighted by Gasteiger charge is 2.45. The molecule has 7 rings (SSSR count). The fraction of sp³-hybridized carbons (Fsp3) is 0.446. The zero-order chi connectivity index (χ0) is 54.5. The molecule has 0 bridgehead atoms. The molecule has 0 aromatic heterocycles. The van der Waals surface area contributed by atoms with E-state index in [1.807, 2.05) is 48.5 Å². The number of carbonyl (C=O) groups excluding carboxylic acids is 7. The van der Waals surface area contributed by atoms with Crippen molar-refractivity contribution in [3.8, 4) is 33.8 Å². The predicted molar refractivity (Wildman–Crippen MR) is 281 cm³/mol. The molecule has 6 unspecified atom stereocenters. The van der Waals surface area contributed by atoms with Gasteiger partial charge in [0.1, 0.15) is 47.8 Å². The molecule has 7 amide bonds. The number of amides is 7. The topological polar surface area (TPSA) is 302 Å². The zero-order valence-corrected chi connectivity index (χ0v) is 42.9. The molecule has 20 heteroatoms. The number of carbonyl (C=O) groups is 7. The predicted octanol–water partition coefficient (Wildman–Crippen LogP) is 1.65. The van der Waals surface area contributed by atoms with E-state index >= 15 is 0 Å². The average molecular weight is 1050 g/mol. The van der Waals surface area contributed by atoms with E-state index in [2.05, 4.69) is 33.5 Å². The Labute approximate surface area is 441 Å². The van der Waals surface area contributed by atoms with Crippen LogP contribution in [0.15, 0.2) is 97.1 Å². The minimum absolute atomic E-state index is 0.00411. The van der Waals surface area contributed by atoms with Crippen LogP contribution < -0.4 is 37.1 Å². The molecule has 4 aromatic rings. The quantitative estimate of drug-likeness (QED) is 0.0805. The van der Waals surface area contributed by atoms with E-state index in [9.17, 15) is 54.0 Å². The van der Waals surface area contributed by atoms with Gasteiger partial charge < -0.3 is 67.3 Å². The molecular formula is C56H70N8O12. The van der Waals surface area contributed by atoms with Crippen molar-refractivity contribution in [2.24, 2.45) is 5.73 Å². The van der Waals surface area contributed by atoms with Gasteiger partial charge in [-0.3, -0.25) is 33.6 Å². The third-order valence-electron chi connectivity index (χ3n) is 14.1. The number of nitrogens with zero attached hydrogens (tertiary/aromatic N) is 2. The summed E-state index contributed by atoms with van der Waals surface area (Å²) in [6.07, 6.45) is 0.399. The van der Waals surface area contributed by atoms with E-state index in [4.69, 9.17) is 10.5 Å². The highest BCUT2D eigenvalue weighted by atomic mass is 16.5. The second kappa shape index (κ2) is 26.4. The van der Waals surface area contributed by atoms with Crippen molar-refractivity contribution in [1.29, 1.82) is 0 Å². The van der Waals surface area contributed by atoms with Gasteiger partial charge in [0.2, 0.25) is 35.4 Å². The Morgan fingerprint density at radius 3 is 1.95 bits per heavy atom. The molecule has 0 aliphatic carbocycles. The normalized spacial score (nSPS) is 24.5. The molecular weight excluding hydrogens is 977 g/mol. The lowest BCUT2D eigenvalue weighted by Gasteiger charge is -2.32. The summed E-state index contributed by atoms with van der Waals surface area (Å²) in [6, 6.07) is 19.7. The van der Waals surface area contributed by atoms with Crippen LogP contribution in [0, 0.1) is 0 Å². The number of phenolic OH excluding ortho intramolecular Hbond substituents is 1. The second-order valence-electron chi connectivity index (χ2n) is 19.8. The van der Waals surface area contributed by atoms with Crippen molar-refractivity contribution >= 4 is 41.4 Å². The molecule has 3 fully saturated rings. The first-order valence-electron chi connectivity index (χ1n) is 26.1. The molecule has 0 radical (unpaired) electrons. The molecule has 20 nitrogen and oxygen atoms in total. The van der Waals surface area contributed by atoms with Crippen molar-refractivity contribution < 1.29 is 58.7 Å². The number of aliphatic hydroxyl groups excluding tert-OH is 3. The number of unbranched alkanes of at least 4 members (excludes halogenated alkanes) is 2. The van der Waals surface area contributed by atoms with Gasteiger partial charge in [0.05, 0.1) is 25.4 Å². The molecule has 3 heterocycles. The van der Waals surface area contributed by atoms with Gasteiger partial charge >= 0.3 is 0 Å². The van der Waals surface area contributed by atoms with E-state index in [0.717, 1.165) is 52.2 Å².